The van der Waals surface area contributed by atoms with Gasteiger partial charge in [-0.15, -0.1) is 0 Å². The molecular formula is BFI3. The fourth-order valence-electron chi connectivity index (χ4n) is 0. The first-order valence-electron chi connectivity index (χ1n) is 0.722. The van der Waals surface area contributed by atoms with Crippen LogP contribution in [0.25, 0.3) is 0 Å². The molecule has 0 aliphatic rings. The molecule has 0 saturated carbocycles. The van der Waals surface area contributed by atoms with Crippen molar-refractivity contribution in [3.8, 4) is 0 Å². The molecule has 5 heteroatoms. The second kappa shape index (κ2) is 4.35. The van der Waals surface area contributed by atoms with Crippen LogP contribution in [0.4, 0.5) is 4.32 Å². The number of hydrogen-bond donors (Lipinski definition) is 0. The quantitative estimate of drug-likeness (QED) is 0.461. The average Bonchev–Trinajstić information content (AvgIpc) is 1.38. The van der Waals surface area contributed by atoms with E-state index in [9.17, 15) is 4.32 Å². The molecule has 0 heterocycles. The topological polar surface area (TPSA) is 0 Å². The third-order valence-corrected chi connectivity index (χ3v) is 2.81. The van der Waals surface area contributed by atoms with Gasteiger partial charge in [-0.1, -0.05) is 0 Å². The van der Waals surface area contributed by atoms with E-state index in [2.05, 4.69) is 37.2 Å². The van der Waals surface area contributed by atoms with Gasteiger partial charge in [0.05, 0.1) is 0 Å². The van der Waals surface area contributed by atoms with Crippen molar-refractivity contribution in [3.63, 3.8) is 0 Å². The Morgan fingerprint density at radius 3 is 1.80 bits per heavy atom. The van der Waals surface area contributed by atoms with Crippen LogP contribution in [0.15, 0.2) is 0 Å². The predicted octanol–water partition coefficient (Wildman–Crippen LogP) is 2.70. The summed E-state index contributed by atoms with van der Waals surface area (Å²) >= 11 is 3.10. The van der Waals surface area contributed by atoms with Crippen molar-refractivity contribution in [2.24, 2.45) is 0 Å². The van der Waals surface area contributed by atoms with E-state index < -0.39 is 11.7 Å². The second-order valence-corrected chi connectivity index (χ2v) is 24.3. The van der Waals surface area contributed by atoms with E-state index in [1.165, 1.54) is 0 Å². The van der Waals surface area contributed by atoms with Crippen LogP contribution in [0.5, 0.6) is 0 Å². The minimum atomic E-state index is -1.13. The molecule has 0 N–H and O–H groups in total. The third-order valence-electron chi connectivity index (χ3n) is 0.0623. The van der Waals surface area contributed by atoms with Crippen LogP contribution in [-0.2, 0) is 0 Å². The molecule has 0 nitrogen and oxygen atoms in total. The zero-order valence-electron chi connectivity index (χ0n) is 2.09. The van der Waals surface area contributed by atoms with Gasteiger partial charge in [-0.05, 0) is 0 Å². The Bertz CT molecular complexity index is 20.9. The van der Waals surface area contributed by atoms with E-state index in [1.807, 2.05) is 0 Å². The Labute approximate surface area is 57.4 Å². The Morgan fingerprint density at radius 2 is 1.80 bits per heavy atom. The van der Waals surface area contributed by atoms with Crippen LogP contribution in [0, 0.1) is 0 Å². The van der Waals surface area contributed by atoms with E-state index in [1.54, 1.807) is 0 Å². The van der Waals surface area contributed by atoms with E-state index in [4.69, 9.17) is 0 Å². The van der Waals surface area contributed by atoms with Crippen LogP contribution < -0.4 is 0 Å². The van der Waals surface area contributed by atoms with Gasteiger partial charge in [0.25, 0.3) is 0 Å². The average molecular weight is 411 g/mol. The van der Waals surface area contributed by atoms with E-state index in [0.29, 0.717) is 0 Å². The summed E-state index contributed by atoms with van der Waals surface area (Å²) in [4.78, 5) is 0. The fraction of sp³-hybridized carbons (Fsp3) is 0. The summed E-state index contributed by atoms with van der Waals surface area (Å²) in [6.45, 7) is 0. The van der Waals surface area contributed by atoms with Crippen molar-refractivity contribution in [2.45, 2.75) is 0 Å². The van der Waals surface area contributed by atoms with E-state index >= 15 is 0 Å². The number of hydrogen-bond acceptors (Lipinski definition) is 0. The molecule has 0 bridgehead atoms. The first kappa shape index (κ1) is 7.18. The SMILES string of the molecule is F[B]I(I)I. The normalized spacial score (nSPS) is 10.6. The summed E-state index contributed by atoms with van der Waals surface area (Å²) in [7, 11) is 0. The minimum absolute atomic E-state index is 0.797. The summed E-state index contributed by atoms with van der Waals surface area (Å²) < 4.78 is 11.0. The monoisotopic (exact) mass is 411 g/mol. The Morgan fingerprint density at radius 1 is 1.60 bits per heavy atom. The molecule has 0 spiro atoms. The predicted molar refractivity (Wildman–Crippen MR) is 48.9 cm³/mol. The molecule has 0 aromatic heterocycles. The molecule has 0 aliphatic carbocycles. The van der Waals surface area contributed by atoms with Gasteiger partial charge in [0.2, 0.25) is 0 Å². The third kappa shape index (κ3) is 6.18. The molecule has 31 valence electrons. The molecule has 0 fully saturated rings. The van der Waals surface area contributed by atoms with Gasteiger partial charge in [-0.25, -0.2) is 0 Å². The van der Waals surface area contributed by atoms with Gasteiger partial charge in [0, 0.05) is 0 Å². The van der Waals surface area contributed by atoms with Gasteiger partial charge in [-0.3, -0.25) is 0 Å². The standard InChI is InChI=1S/BFI3/c2-1-5(3)4. The molecule has 0 rings (SSSR count). The maximum atomic E-state index is 11.0. The van der Waals surface area contributed by atoms with Gasteiger partial charge < -0.3 is 0 Å². The van der Waals surface area contributed by atoms with Crippen LogP contribution in [-0.4, -0.2) is 5.41 Å². The summed E-state index contributed by atoms with van der Waals surface area (Å²) in [6, 6.07) is 0. The van der Waals surface area contributed by atoms with Crippen molar-refractivity contribution in [2.75, 3.05) is 0 Å². The first-order chi connectivity index (χ1) is 2.27. The summed E-state index contributed by atoms with van der Waals surface area (Å²) in [5.41, 5.74) is 0.797. The molecule has 0 unspecified atom stereocenters. The molecule has 0 saturated heterocycles. The van der Waals surface area contributed by atoms with Gasteiger partial charge in [0.1, 0.15) is 0 Å². The van der Waals surface area contributed by atoms with Crippen molar-refractivity contribution in [3.05, 3.63) is 0 Å². The Balaban J connectivity index is 2.54. The summed E-state index contributed by atoms with van der Waals surface area (Å²) in [5.74, 6) is 0. The van der Waals surface area contributed by atoms with Crippen LogP contribution in [0.3, 0.4) is 0 Å². The van der Waals surface area contributed by atoms with Crippen molar-refractivity contribution < 1.29 is 4.32 Å². The zero-order chi connectivity index (χ0) is 4.28. The Kier molecular flexibility index (Phi) is 6.25. The number of halogens is 4. The molecule has 1 radical (unpaired) electrons. The van der Waals surface area contributed by atoms with Gasteiger partial charge >= 0.3 is 58.6 Å². The summed E-state index contributed by atoms with van der Waals surface area (Å²) in [5, 5.41) is 0. The first-order valence-corrected chi connectivity index (χ1v) is 14.5. The molecular weight excluding hydrogens is 411 g/mol. The van der Waals surface area contributed by atoms with Crippen LogP contribution >= 0.6 is 48.9 Å². The molecule has 5 heavy (non-hydrogen) atoms. The van der Waals surface area contributed by atoms with Crippen molar-refractivity contribution in [1.82, 2.24) is 0 Å². The zero-order valence-corrected chi connectivity index (χ0v) is 8.56. The molecule has 0 atom stereocenters. The molecule has 0 amide bonds. The van der Waals surface area contributed by atoms with Crippen molar-refractivity contribution >= 4 is 54.3 Å². The Hall–Kier alpha value is 2.18. The fourth-order valence-corrected chi connectivity index (χ4v) is 0. The van der Waals surface area contributed by atoms with E-state index in [-0.39, 0.29) is 0 Å². The van der Waals surface area contributed by atoms with E-state index in [0.717, 1.165) is 5.41 Å². The van der Waals surface area contributed by atoms with Crippen LogP contribution in [0.2, 0.25) is 0 Å². The summed E-state index contributed by atoms with van der Waals surface area (Å²) in [6.07, 6.45) is 0. The molecule has 0 aromatic rings. The number of rotatable bonds is 1. The van der Waals surface area contributed by atoms with Gasteiger partial charge in [-0.2, -0.15) is 0 Å². The molecule has 0 aliphatic heterocycles. The maximum absolute atomic E-state index is 11.0. The van der Waals surface area contributed by atoms with Crippen LogP contribution in [0.1, 0.15) is 0 Å². The second-order valence-electron chi connectivity index (χ2n) is 0.301. The van der Waals surface area contributed by atoms with Gasteiger partial charge in [0.15, 0.2) is 0 Å². The van der Waals surface area contributed by atoms with Crippen molar-refractivity contribution in [1.29, 1.82) is 0 Å². The molecule has 0 aromatic carbocycles.